The molecule has 0 aliphatic carbocycles. The van der Waals surface area contributed by atoms with Gasteiger partial charge >= 0.3 is 6.09 Å². The summed E-state index contributed by atoms with van der Waals surface area (Å²) < 4.78 is 5.46. The highest BCUT2D eigenvalue weighted by Crippen LogP contribution is 2.34. The molecule has 1 fully saturated rings. The monoisotopic (exact) mass is 323 g/mol. The molecular formula is C20H21NO3. The van der Waals surface area contributed by atoms with Crippen molar-refractivity contribution in [3.05, 3.63) is 71.3 Å². The van der Waals surface area contributed by atoms with Gasteiger partial charge in [-0.2, -0.15) is 0 Å². The molecule has 0 spiro atoms. The molecule has 0 radical (unpaired) electrons. The first-order valence-electron chi connectivity index (χ1n) is 8.14. The van der Waals surface area contributed by atoms with Crippen molar-refractivity contribution >= 4 is 12.0 Å². The van der Waals surface area contributed by atoms with Gasteiger partial charge in [-0.3, -0.25) is 4.79 Å². The highest BCUT2D eigenvalue weighted by atomic mass is 16.6. The molecule has 0 N–H and O–H groups in total. The van der Waals surface area contributed by atoms with Gasteiger partial charge in [0.15, 0.2) is 0 Å². The number of aryl methyl sites for hydroxylation is 1. The number of ether oxygens (including phenoxy) is 1. The van der Waals surface area contributed by atoms with Crippen LogP contribution in [0.3, 0.4) is 0 Å². The van der Waals surface area contributed by atoms with E-state index in [1.807, 2.05) is 75.4 Å². The normalized spacial score (nSPS) is 21.5. The quantitative estimate of drug-likeness (QED) is 0.850. The summed E-state index contributed by atoms with van der Waals surface area (Å²) in [4.78, 5) is 26.4. The Hall–Kier alpha value is -2.62. The Balaban J connectivity index is 1.82. The van der Waals surface area contributed by atoms with Crippen molar-refractivity contribution in [3.8, 4) is 0 Å². The molecule has 2 aromatic rings. The molecule has 0 saturated carbocycles. The van der Waals surface area contributed by atoms with Gasteiger partial charge in [0.05, 0.1) is 12.0 Å². The van der Waals surface area contributed by atoms with Crippen LogP contribution in [0.5, 0.6) is 0 Å². The van der Waals surface area contributed by atoms with Gasteiger partial charge in [0.1, 0.15) is 6.10 Å². The third kappa shape index (κ3) is 2.92. The molecule has 3 atom stereocenters. The number of nitrogens with zero attached hydrogens (tertiary/aromatic N) is 1. The van der Waals surface area contributed by atoms with E-state index in [0.717, 1.165) is 16.7 Å². The maximum Gasteiger partial charge on any atom is 0.417 e. The molecule has 1 saturated heterocycles. The average molecular weight is 323 g/mol. The van der Waals surface area contributed by atoms with Crippen LogP contribution in [0.25, 0.3) is 0 Å². The molecule has 3 rings (SSSR count). The molecule has 0 unspecified atom stereocenters. The average Bonchev–Trinajstić information content (AvgIpc) is 2.89. The van der Waals surface area contributed by atoms with Crippen LogP contribution in [0.4, 0.5) is 4.79 Å². The number of amides is 2. The zero-order chi connectivity index (χ0) is 17.3. The number of benzene rings is 2. The summed E-state index contributed by atoms with van der Waals surface area (Å²) in [6, 6.07) is 17.0. The SMILES string of the molecule is Cc1ccc([C@@H](C)C(=O)N2C(=O)O[C@@H](c3ccccc3)[C@H]2C)cc1. The van der Waals surface area contributed by atoms with E-state index in [-0.39, 0.29) is 11.9 Å². The number of carbonyl (C=O) groups excluding carboxylic acids is 2. The van der Waals surface area contributed by atoms with E-state index in [1.54, 1.807) is 0 Å². The van der Waals surface area contributed by atoms with Crippen molar-refractivity contribution in [1.82, 2.24) is 4.90 Å². The van der Waals surface area contributed by atoms with Crippen LogP contribution >= 0.6 is 0 Å². The second-order valence-corrected chi connectivity index (χ2v) is 6.30. The molecule has 4 nitrogen and oxygen atoms in total. The number of imide groups is 1. The fraction of sp³-hybridized carbons (Fsp3) is 0.300. The first-order chi connectivity index (χ1) is 11.5. The highest BCUT2D eigenvalue weighted by molar-refractivity contribution is 5.97. The Morgan fingerprint density at radius 2 is 1.71 bits per heavy atom. The van der Waals surface area contributed by atoms with Crippen LogP contribution in [-0.2, 0) is 9.53 Å². The third-order valence-electron chi connectivity index (χ3n) is 4.58. The van der Waals surface area contributed by atoms with Crippen molar-refractivity contribution in [2.24, 2.45) is 0 Å². The van der Waals surface area contributed by atoms with Gasteiger partial charge in [0.2, 0.25) is 5.91 Å². The zero-order valence-electron chi connectivity index (χ0n) is 14.1. The van der Waals surface area contributed by atoms with Gasteiger partial charge in [-0.1, -0.05) is 60.2 Å². The van der Waals surface area contributed by atoms with Crippen LogP contribution < -0.4 is 0 Å². The lowest BCUT2D eigenvalue weighted by atomic mass is 9.97. The van der Waals surface area contributed by atoms with E-state index in [4.69, 9.17) is 4.74 Å². The van der Waals surface area contributed by atoms with E-state index >= 15 is 0 Å². The van der Waals surface area contributed by atoms with Gasteiger partial charge in [-0.05, 0) is 31.9 Å². The molecule has 1 aliphatic heterocycles. The molecule has 2 aromatic carbocycles. The number of hydrogen-bond acceptors (Lipinski definition) is 3. The van der Waals surface area contributed by atoms with Gasteiger partial charge in [-0.25, -0.2) is 9.69 Å². The van der Waals surface area contributed by atoms with Crippen LogP contribution in [0, 0.1) is 6.92 Å². The summed E-state index contributed by atoms with van der Waals surface area (Å²) in [6.07, 6.45) is -0.992. The Morgan fingerprint density at radius 3 is 2.33 bits per heavy atom. The van der Waals surface area contributed by atoms with Crippen molar-refractivity contribution in [1.29, 1.82) is 0 Å². The summed E-state index contributed by atoms with van der Waals surface area (Å²) in [5.41, 5.74) is 2.93. The third-order valence-corrected chi connectivity index (χ3v) is 4.58. The van der Waals surface area contributed by atoms with Gasteiger partial charge in [-0.15, -0.1) is 0 Å². The van der Waals surface area contributed by atoms with Crippen LogP contribution in [0.15, 0.2) is 54.6 Å². The lowest BCUT2D eigenvalue weighted by molar-refractivity contribution is -0.130. The number of rotatable bonds is 3. The lowest BCUT2D eigenvalue weighted by Crippen LogP contribution is -2.40. The van der Waals surface area contributed by atoms with Crippen molar-refractivity contribution in [2.45, 2.75) is 38.8 Å². The molecule has 1 heterocycles. The van der Waals surface area contributed by atoms with Gasteiger partial charge < -0.3 is 4.74 Å². The summed E-state index contributed by atoms with van der Waals surface area (Å²) in [5.74, 6) is -0.620. The minimum atomic E-state index is -0.569. The number of hydrogen-bond donors (Lipinski definition) is 0. The number of cyclic esters (lactones) is 1. The Bertz CT molecular complexity index is 739. The van der Waals surface area contributed by atoms with E-state index in [2.05, 4.69) is 0 Å². The Kier molecular flexibility index (Phi) is 4.38. The first kappa shape index (κ1) is 16.2. The molecular weight excluding hydrogens is 302 g/mol. The van der Waals surface area contributed by atoms with E-state index < -0.39 is 18.1 Å². The lowest BCUT2D eigenvalue weighted by Gasteiger charge is -2.22. The fourth-order valence-corrected chi connectivity index (χ4v) is 3.05. The molecule has 4 heteroatoms. The predicted octanol–water partition coefficient (Wildman–Crippen LogP) is 4.21. The minimum absolute atomic E-state index is 0.227. The summed E-state index contributed by atoms with van der Waals surface area (Å²) >= 11 is 0. The van der Waals surface area contributed by atoms with Gasteiger partial charge in [0.25, 0.3) is 0 Å². The molecule has 2 amide bonds. The number of carbonyl (C=O) groups is 2. The zero-order valence-corrected chi connectivity index (χ0v) is 14.1. The molecule has 1 aliphatic rings. The smallest absolute Gasteiger partial charge is 0.417 e. The Morgan fingerprint density at radius 1 is 1.08 bits per heavy atom. The molecule has 0 bridgehead atoms. The molecule has 24 heavy (non-hydrogen) atoms. The largest absolute Gasteiger partial charge is 0.439 e. The van der Waals surface area contributed by atoms with E-state index in [1.165, 1.54) is 4.90 Å². The van der Waals surface area contributed by atoms with Crippen molar-refractivity contribution in [2.75, 3.05) is 0 Å². The second kappa shape index (κ2) is 6.48. The molecule has 0 aromatic heterocycles. The first-order valence-corrected chi connectivity index (χ1v) is 8.14. The second-order valence-electron chi connectivity index (χ2n) is 6.30. The van der Waals surface area contributed by atoms with Crippen LogP contribution in [0.2, 0.25) is 0 Å². The predicted molar refractivity (Wildman–Crippen MR) is 91.6 cm³/mol. The minimum Gasteiger partial charge on any atom is -0.439 e. The van der Waals surface area contributed by atoms with Crippen LogP contribution in [-0.4, -0.2) is 22.9 Å². The van der Waals surface area contributed by atoms with Crippen molar-refractivity contribution in [3.63, 3.8) is 0 Å². The maximum absolute atomic E-state index is 12.9. The van der Waals surface area contributed by atoms with Crippen LogP contribution in [0.1, 0.15) is 42.6 Å². The maximum atomic E-state index is 12.9. The van der Waals surface area contributed by atoms with Crippen molar-refractivity contribution < 1.29 is 14.3 Å². The van der Waals surface area contributed by atoms with E-state index in [9.17, 15) is 9.59 Å². The summed E-state index contributed by atoms with van der Waals surface area (Å²) in [6.45, 7) is 5.67. The summed E-state index contributed by atoms with van der Waals surface area (Å²) in [7, 11) is 0. The van der Waals surface area contributed by atoms with E-state index in [0.29, 0.717) is 0 Å². The topological polar surface area (TPSA) is 46.6 Å². The standard InChI is InChI=1S/C20H21NO3/c1-13-9-11-16(12-10-13)14(2)19(22)21-15(3)18(24-20(21)23)17-7-5-4-6-8-17/h4-12,14-15,18H,1-3H3/t14-,15-,18-/m1/s1. The molecule has 124 valence electrons. The van der Waals surface area contributed by atoms with Gasteiger partial charge in [0, 0.05) is 0 Å². The highest BCUT2D eigenvalue weighted by Gasteiger charge is 2.44. The fourth-order valence-electron chi connectivity index (χ4n) is 3.05. The summed E-state index contributed by atoms with van der Waals surface area (Å²) in [5, 5.41) is 0. The Labute approximate surface area is 142 Å².